The first-order valence-corrected chi connectivity index (χ1v) is 18.3. The van der Waals surface area contributed by atoms with E-state index in [1.807, 2.05) is 26.0 Å². The number of hydrogen-bond donors (Lipinski definition) is 2. The fraction of sp³-hybridized carbons (Fsp3) is 0.725. The van der Waals surface area contributed by atoms with Crippen molar-refractivity contribution in [2.45, 2.75) is 142 Å². The minimum absolute atomic E-state index is 0.0139. The van der Waals surface area contributed by atoms with Crippen molar-refractivity contribution in [3.05, 3.63) is 47.6 Å². The predicted molar refractivity (Wildman–Crippen MR) is 184 cm³/mol. The molecule has 8 atom stereocenters. The summed E-state index contributed by atoms with van der Waals surface area (Å²) in [5.41, 5.74) is -1.74. The first-order valence-electron chi connectivity index (χ1n) is 18.3. The molecule has 8 unspecified atom stereocenters. The molecule has 4 aliphatic rings. The Balaban J connectivity index is 1.28. The van der Waals surface area contributed by atoms with Gasteiger partial charge in [-0.15, -0.1) is 0 Å². The molecule has 2 saturated carbocycles. The van der Waals surface area contributed by atoms with Crippen LogP contribution in [0.15, 0.2) is 47.6 Å². The Morgan fingerprint density at radius 1 is 0.957 bits per heavy atom. The summed E-state index contributed by atoms with van der Waals surface area (Å²) < 4.78 is 11.6. The van der Waals surface area contributed by atoms with Crippen molar-refractivity contribution < 1.29 is 34.1 Å². The van der Waals surface area contributed by atoms with E-state index in [0.29, 0.717) is 18.4 Å². The number of rotatable bonds is 17. The summed E-state index contributed by atoms with van der Waals surface area (Å²) in [4.78, 5) is 38.3. The van der Waals surface area contributed by atoms with Gasteiger partial charge in [0.05, 0.1) is 11.7 Å². The van der Waals surface area contributed by atoms with E-state index in [1.165, 1.54) is 32.6 Å². The monoisotopic (exact) mass is 652 g/mol. The van der Waals surface area contributed by atoms with Crippen molar-refractivity contribution in [2.75, 3.05) is 6.61 Å². The van der Waals surface area contributed by atoms with Gasteiger partial charge in [-0.05, 0) is 63.0 Å². The summed E-state index contributed by atoms with van der Waals surface area (Å²) in [6.07, 6.45) is 24.8. The number of fused-ring (bicyclic) bond motifs is 5. The normalized spacial score (nSPS) is 33.9. The molecule has 4 rings (SSSR count). The molecule has 4 aliphatic carbocycles. The number of carbonyl (C=O) groups excluding carboxylic acids is 3. The van der Waals surface area contributed by atoms with Crippen molar-refractivity contribution in [3.8, 4) is 0 Å². The summed E-state index contributed by atoms with van der Waals surface area (Å²) >= 11 is 0. The predicted octanol–water partition coefficient (Wildman–Crippen LogP) is 7.75. The van der Waals surface area contributed by atoms with E-state index >= 15 is 0 Å². The number of esters is 2. The molecule has 0 radical (unpaired) electrons. The minimum Gasteiger partial charge on any atom is -0.461 e. The molecular weight excluding hydrogens is 592 g/mol. The van der Waals surface area contributed by atoms with Crippen LogP contribution < -0.4 is 0 Å². The van der Waals surface area contributed by atoms with Crippen LogP contribution >= 0.6 is 0 Å². The van der Waals surface area contributed by atoms with Crippen LogP contribution in [0.25, 0.3) is 0 Å². The lowest BCUT2D eigenvalue weighted by Crippen LogP contribution is -2.62. The second kappa shape index (κ2) is 15.8. The van der Waals surface area contributed by atoms with Crippen LogP contribution in [0, 0.1) is 35.0 Å². The lowest BCUT2D eigenvalue weighted by atomic mass is 9.60. The number of carbonyl (C=O) groups is 3. The topological polar surface area (TPSA) is 110 Å². The number of allylic oxidation sites excluding steroid dienone is 5. The van der Waals surface area contributed by atoms with E-state index in [1.54, 1.807) is 13.8 Å². The summed E-state index contributed by atoms with van der Waals surface area (Å²) in [6.45, 7) is 11.1. The fourth-order valence-electron chi connectivity index (χ4n) is 9.16. The minimum atomic E-state index is -1.42. The number of aliphatic hydroxyl groups is 2. The number of unbranched alkanes of at least 4 members (excludes halogenated alkanes) is 8. The van der Waals surface area contributed by atoms with Crippen molar-refractivity contribution >= 4 is 17.7 Å². The van der Waals surface area contributed by atoms with Gasteiger partial charge in [-0.1, -0.05) is 96.3 Å². The number of ketones is 1. The first kappa shape index (κ1) is 37.3. The Morgan fingerprint density at radius 3 is 2.26 bits per heavy atom. The Bertz CT molecular complexity index is 1260. The Morgan fingerprint density at radius 2 is 1.60 bits per heavy atom. The number of aliphatic hydroxyl groups excluding tert-OH is 1. The average molecular weight is 653 g/mol. The summed E-state index contributed by atoms with van der Waals surface area (Å²) in [5.74, 6) is -3.23. The van der Waals surface area contributed by atoms with Gasteiger partial charge in [0.25, 0.3) is 0 Å². The zero-order chi connectivity index (χ0) is 34.4. The van der Waals surface area contributed by atoms with Gasteiger partial charge in [-0.25, -0.2) is 0 Å². The second-order valence-corrected chi connectivity index (χ2v) is 15.2. The molecule has 0 aromatic heterocycles. The third-order valence-corrected chi connectivity index (χ3v) is 11.8. The molecule has 262 valence electrons. The molecule has 0 saturated heterocycles. The van der Waals surface area contributed by atoms with Gasteiger partial charge in [0.15, 0.2) is 5.78 Å². The van der Waals surface area contributed by atoms with Gasteiger partial charge in [-0.2, -0.15) is 0 Å². The molecule has 0 spiro atoms. The second-order valence-electron chi connectivity index (χ2n) is 15.2. The van der Waals surface area contributed by atoms with Crippen molar-refractivity contribution in [1.29, 1.82) is 0 Å². The molecule has 7 heteroatoms. The van der Waals surface area contributed by atoms with Crippen LogP contribution in [0.4, 0.5) is 0 Å². The van der Waals surface area contributed by atoms with Crippen molar-refractivity contribution in [3.63, 3.8) is 0 Å². The van der Waals surface area contributed by atoms with E-state index in [4.69, 9.17) is 9.47 Å². The molecular formula is C40H60O7. The van der Waals surface area contributed by atoms with Crippen LogP contribution in [-0.2, 0) is 23.9 Å². The van der Waals surface area contributed by atoms with Gasteiger partial charge < -0.3 is 19.7 Å². The van der Waals surface area contributed by atoms with Crippen LogP contribution in [0.1, 0.15) is 125 Å². The molecule has 0 bridgehead atoms. The molecule has 47 heavy (non-hydrogen) atoms. The highest BCUT2D eigenvalue weighted by molar-refractivity contribution is 6.00. The lowest BCUT2D eigenvalue weighted by Gasteiger charge is -2.51. The van der Waals surface area contributed by atoms with E-state index < -0.39 is 52.4 Å². The SMILES string of the molecule is CCCCCC=CCC=CCCCCCCCC(=O)OCC1=CC2C3C(C)(C)C3(OC(C)=O)C(O)C(C)C2(O)C2C=C(C)C(=O)C2C1. The van der Waals surface area contributed by atoms with Gasteiger partial charge in [0.1, 0.15) is 12.2 Å². The number of hydrogen-bond acceptors (Lipinski definition) is 7. The third-order valence-electron chi connectivity index (χ3n) is 11.8. The molecule has 0 aromatic rings. The highest BCUT2D eigenvalue weighted by Gasteiger charge is 2.86. The zero-order valence-electron chi connectivity index (χ0n) is 29.8. The molecule has 0 amide bonds. The smallest absolute Gasteiger partial charge is 0.306 e. The molecule has 2 N–H and O–H groups in total. The van der Waals surface area contributed by atoms with Gasteiger partial charge >= 0.3 is 11.9 Å². The van der Waals surface area contributed by atoms with E-state index in [0.717, 1.165) is 50.5 Å². The maximum atomic E-state index is 13.3. The Kier molecular flexibility index (Phi) is 12.5. The van der Waals surface area contributed by atoms with Crippen LogP contribution in [0.2, 0.25) is 0 Å². The van der Waals surface area contributed by atoms with Crippen molar-refractivity contribution in [2.24, 2.45) is 35.0 Å². The average Bonchev–Trinajstić information content (AvgIpc) is 3.42. The molecule has 0 aromatic carbocycles. The van der Waals surface area contributed by atoms with E-state index in [9.17, 15) is 24.6 Å². The van der Waals surface area contributed by atoms with Gasteiger partial charge in [-0.3, -0.25) is 14.4 Å². The van der Waals surface area contributed by atoms with E-state index in [2.05, 4.69) is 31.2 Å². The van der Waals surface area contributed by atoms with Gasteiger partial charge in [0, 0.05) is 48.3 Å². The quantitative estimate of drug-likeness (QED) is 0.0939. The van der Waals surface area contributed by atoms with Crippen molar-refractivity contribution in [1.82, 2.24) is 0 Å². The standard InChI is InChI=1S/C40H60O7/c1-7-8-9-10-11-12-13-14-15-16-17-18-19-20-21-22-34(42)46-26-30-24-31-32(23-27(2)35(31)43)39(45)28(3)37(44)40(47-29(4)41)36(33(39)25-30)38(40,5)6/h11-12,14-15,23,25,28,31-33,36-37,44-45H,7-10,13,16-22,24,26H2,1-6H3. The first-order chi connectivity index (χ1) is 22.3. The Hall–Kier alpha value is -2.51. The number of ether oxygens (including phenoxy) is 2. The van der Waals surface area contributed by atoms with Crippen LogP contribution in [-0.4, -0.2) is 51.8 Å². The summed E-state index contributed by atoms with van der Waals surface area (Å²) in [7, 11) is 0. The fourth-order valence-corrected chi connectivity index (χ4v) is 9.16. The highest BCUT2D eigenvalue weighted by Crippen LogP contribution is 2.76. The number of Topliss-reactive ketones (excluding diaryl/α,β-unsaturated/α-hetero) is 1. The van der Waals surface area contributed by atoms with Crippen LogP contribution in [0.3, 0.4) is 0 Å². The molecule has 0 heterocycles. The van der Waals surface area contributed by atoms with Gasteiger partial charge in [0.2, 0.25) is 0 Å². The Labute approximate surface area is 282 Å². The summed E-state index contributed by atoms with van der Waals surface area (Å²) in [5, 5.41) is 24.1. The third kappa shape index (κ3) is 7.56. The maximum absolute atomic E-state index is 13.3. The van der Waals surface area contributed by atoms with Crippen LogP contribution in [0.5, 0.6) is 0 Å². The van der Waals surface area contributed by atoms with E-state index in [-0.39, 0.29) is 24.3 Å². The molecule has 7 nitrogen and oxygen atoms in total. The zero-order valence-corrected chi connectivity index (χ0v) is 29.8. The lowest BCUT2D eigenvalue weighted by molar-refractivity contribution is -0.207. The highest BCUT2D eigenvalue weighted by atomic mass is 16.6. The maximum Gasteiger partial charge on any atom is 0.306 e. The largest absolute Gasteiger partial charge is 0.461 e. The summed E-state index contributed by atoms with van der Waals surface area (Å²) in [6, 6.07) is 0. The molecule has 0 aliphatic heterocycles. The molecule has 2 fully saturated rings.